The van der Waals surface area contributed by atoms with Gasteiger partial charge in [-0.15, -0.1) is 0 Å². The molecule has 3 N–H and O–H groups in total. The van der Waals surface area contributed by atoms with Crippen molar-refractivity contribution in [2.75, 3.05) is 0 Å². The van der Waals surface area contributed by atoms with Gasteiger partial charge in [-0.2, -0.15) is 5.10 Å². The Hall–Kier alpha value is -1.36. The number of nitrogens with zero attached hydrogens (tertiary/aromatic N) is 2. The summed E-state index contributed by atoms with van der Waals surface area (Å²) in [6.45, 7) is 4.93. The molecule has 0 aliphatic heterocycles. The first-order chi connectivity index (χ1) is 9.15. The third-order valence-electron chi connectivity index (χ3n) is 3.18. The number of aromatic nitrogens is 2. The molecular weight excluding hydrogens is 260 g/mol. The first kappa shape index (κ1) is 14.1. The minimum Gasteiger partial charge on any atom is -0.271 e. The minimum absolute atomic E-state index is 0.0184. The Kier molecular flexibility index (Phi) is 4.58. The summed E-state index contributed by atoms with van der Waals surface area (Å²) < 4.78 is 2.00. The van der Waals surface area contributed by atoms with Crippen LogP contribution in [0.25, 0.3) is 0 Å². The Labute approximate surface area is 118 Å². The molecule has 2 rings (SSSR count). The second kappa shape index (κ2) is 6.19. The molecule has 0 spiro atoms. The lowest BCUT2D eigenvalue weighted by molar-refractivity contribution is 0.517. The van der Waals surface area contributed by atoms with Crippen molar-refractivity contribution < 1.29 is 0 Å². The SMILES string of the molecule is CCn1nc(C)cc1CC(NN)c1ccccc1Cl. The van der Waals surface area contributed by atoms with Crippen LogP contribution in [-0.2, 0) is 13.0 Å². The molecule has 0 saturated carbocycles. The van der Waals surface area contributed by atoms with Gasteiger partial charge in [0.1, 0.15) is 0 Å². The van der Waals surface area contributed by atoms with E-state index in [1.807, 2.05) is 35.9 Å². The highest BCUT2D eigenvalue weighted by Crippen LogP contribution is 2.25. The molecule has 5 heteroatoms. The zero-order valence-electron chi connectivity index (χ0n) is 11.2. The number of halogens is 1. The average Bonchev–Trinajstić information content (AvgIpc) is 2.77. The minimum atomic E-state index is -0.0184. The quantitative estimate of drug-likeness (QED) is 0.653. The van der Waals surface area contributed by atoms with Gasteiger partial charge in [0.05, 0.1) is 11.7 Å². The van der Waals surface area contributed by atoms with E-state index in [-0.39, 0.29) is 6.04 Å². The van der Waals surface area contributed by atoms with Crippen molar-refractivity contribution in [3.8, 4) is 0 Å². The smallest absolute Gasteiger partial charge is 0.0596 e. The van der Waals surface area contributed by atoms with Gasteiger partial charge >= 0.3 is 0 Å². The Morgan fingerprint density at radius 1 is 1.42 bits per heavy atom. The highest BCUT2D eigenvalue weighted by molar-refractivity contribution is 6.31. The molecule has 0 bridgehead atoms. The number of hydrazine groups is 1. The average molecular weight is 279 g/mol. The van der Waals surface area contributed by atoms with E-state index in [1.54, 1.807) is 0 Å². The summed E-state index contributed by atoms with van der Waals surface area (Å²) in [4.78, 5) is 0. The largest absolute Gasteiger partial charge is 0.271 e. The number of aryl methyl sites for hydroxylation is 2. The van der Waals surface area contributed by atoms with Gasteiger partial charge in [0, 0.05) is 23.7 Å². The molecule has 19 heavy (non-hydrogen) atoms. The number of hydrogen-bond donors (Lipinski definition) is 2. The van der Waals surface area contributed by atoms with Crippen molar-refractivity contribution in [2.45, 2.75) is 32.9 Å². The fourth-order valence-electron chi connectivity index (χ4n) is 2.26. The number of benzene rings is 1. The van der Waals surface area contributed by atoms with Crippen LogP contribution >= 0.6 is 11.6 Å². The summed E-state index contributed by atoms with van der Waals surface area (Å²) in [6.07, 6.45) is 0.759. The molecule has 0 saturated heterocycles. The lowest BCUT2D eigenvalue weighted by atomic mass is 10.0. The molecule has 4 nitrogen and oxygen atoms in total. The van der Waals surface area contributed by atoms with Gasteiger partial charge in [0.15, 0.2) is 0 Å². The van der Waals surface area contributed by atoms with Crippen molar-refractivity contribution in [1.82, 2.24) is 15.2 Å². The lowest BCUT2D eigenvalue weighted by Gasteiger charge is -2.18. The van der Waals surface area contributed by atoms with Crippen LogP contribution in [0.4, 0.5) is 0 Å². The van der Waals surface area contributed by atoms with Crippen molar-refractivity contribution in [1.29, 1.82) is 0 Å². The Bertz CT molecular complexity index is 550. The van der Waals surface area contributed by atoms with Crippen LogP contribution in [0.15, 0.2) is 30.3 Å². The monoisotopic (exact) mass is 278 g/mol. The number of nitrogens with one attached hydrogen (secondary N) is 1. The van der Waals surface area contributed by atoms with Crippen LogP contribution in [0.2, 0.25) is 5.02 Å². The fourth-order valence-corrected chi connectivity index (χ4v) is 2.53. The maximum Gasteiger partial charge on any atom is 0.0596 e. The molecule has 1 aromatic heterocycles. The van der Waals surface area contributed by atoms with E-state index >= 15 is 0 Å². The molecule has 0 aliphatic carbocycles. The summed E-state index contributed by atoms with van der Waals surface area (Å²) in [5.41, 5.74) is 6.03. The topological polar surface area (TPSA) is 55.9 Å². The molecule has 102 valence electrons. The predicted molar refractivity (Wildman–Crippen MR) is 77.9 cm³/mol. The molecule has 0 aliphatic rings. The van der Waals surface area contributed by atoms with Gasteiger partial charge in [-0.3, -0.25) is 16.0 Å². The standard InChI is InChI=1S/C14H19ClN4/c1-3-19-11(8-10(2)18-19)9-14(17-16)12-6-4-5-7-13(12)15/h4-8,14,17H,3,9,16H2,1-2H3. The lowest BCUT2D eigenvalue weighted by Crippen LogP contribution is -2.30. The zero-order chi connectivity index (χ0) is 13.8. The van der Waals surface area contributed by atoms with Crippen molar-refractivity contribution >= 4 is 11.6 Å². The van der Waals surface area contributed by atoms with Crippen LogP contribution in [0, 0.1) is 6.92 Å². The number of hydrogen-bond acceptors (Lipinski definition) is 3. The van der Waals surface area contributed by atoms with Crippen LogP contribution in [0.1, 0.15) is 29.9 Å². The van der Waals surface area contributed by atoms with E-state index in [4.69, 9.17) is 17.4 Å². The molecule has 1 aromatic carbocycles. The fraction of sp³-hybridized carbons (Fsp3) is 0.357. The molecule has 0 amide bonds. The van der Waals surface area contributed by atoms with Crippen LogP contribution in [0.5, 0.6) is 0 Å². The number of nitrogens with two attached hydrogens (primary N) is 1. The Balaban J connectivity index is 2.26. The molecule has 2 aromatic rings. The highest BCUT2D eigenvalue weighted by atomic mass is 35.5. The van der Waals surface area contributed by atoms with Gasteiger partial charge in [-0.25, -0.2) is 0 Å². The van der Waals surface area contributed by atoms with Crippen molar-refractivity contribution in [2.24, 2.45) is 5.84 Å². The summed E-state index contributed by atoms with van der Waals surface area (Å²) in [6, 6.07) is 9.82. The maximum absolute atomic E-state index is 6.22. The second-order valence-electron chi connectivity index (χ2n) is 4.54. The molecular formula is C14H19ClN4. The third-order valence-corrected chi connectivity index (χ3v) is 3.52. The predicted octanol–water partition coefficient (Wildman–Crippen LogP) is 2.61. The number of rotatable bonds is 5. The molecule has 1 unspecified atom stereocenters. The second-order valence-corrected chi connectivity index (χ2v) is 4.94. The van der Waals surface area contributed by atoms with Gasteiger partial charge < -0.3 is 0 Å². The Morgan fingerprint density at radius 3 is 2.79 bits per heavy atom. The van der Waals surface area contributed by atoms with E-state index in [0.717, 1.165) is 34.9 Å². The van der Waals surface area contributed by atoms with E-state index in [0.29, 0.717) is 0 Å². The van der Waals surface area contributed by atoms with Gasteiger partial charge in [0.2, 0.25) is 0 Å². The van der Waals surface area contributed by atoms with Crippen molar-refractivity contribution in [3.05, 3.63) is 52.3 Å². The van der Waals surface area contributed by atoms with E-state index in [2.05, 4.69) is 23.5 Å². The van der Waals surface area contributed by atoms with Crippen LogP contribution < -0.4 is 11.3 Å². The zero-order valence-corrected chi connectivity index (χ0v) is 12.0. The molecule has 0 fully saturated rings. The maximum atomic E-state index is 6.22. The van der Waals surface area contributed by atoms with Gasteiger partial charge in [-0.05, 0) is 31.5 Å². The van der Waals surface area contributed by atoms with Crippen molar-refractivity contribution in [3.63, 3.8) is 0 Å². The van der Waals surface area contributed by atoms with E-state index < -0.39 is 0 Å². The summed E-state index contributed by atoms with van der Waals surface area (Å²) in [7, 11) is 0. The molecule has 1 heterocycles. The Morgan fingerprint density at radius 2 is 2.16 bits per heavy atom. The summed E-state index contributed by atoms with van der Waals surface area (Å²) >= 11 is 6.22. The highest BCUT2D eigenvalue weighted by Gasteiger charge is 2.16. The van der Waals surface area contributed by atoms with E-state index in [1.165, 1.54) is 0 Å². The van der Waals surface area contributed by atoms with Crippen LogP contribution in [0.3, 0.4) is 0 Å². The first-order valence-corrected chi connectivity index (χ1v) is 6.77. The first-order valence-electron chi connectivity index (χ1n) is 6.39. The normalized spacial score (nSPS) is 12.6. The molecule has 1 atom stereocenters. The van der Waals surface area contributed by atoms with Crippen LogP contribution in [-0.4, -0.2) is 9.78 Å². The van der Waals surface area contributed by atoms with E-state index in [9.17, 15) is 0 Å². The summed E-state index contributed by atoms with van der Waals surface area (Å²) in [5.74, 6) is 5.68. The van der Waals surface area contributed by atoms with Gasteiger partial charge in [-0.1, -0.05) is 29.8 Å². The third kappa shape index (κ3) is 3.15. The molecule has 0 radical (unpaired) electrons. The summed E-state index contributed by atoms with van der Waals surface area (Å²) in [5, 5.41) is 5.17. The van der Waals surface area contributed by atoms with Gasteiger partial charge in [0.25, 0.3) is 0 Å².